The van der Waals surface area contributed by atoms with Crippen molar-refractivity contribution in [1.82, 2.24) is 34.0 Å². The van der Waals surface area contributed by atoms with Crippen LogP contribution in [0.2, 0.25) is 0 Å². The van der Waals surface area contributed by atoms with Crippen molar-refractivity contribution < 1.29 is 13.2 Å². The van der Waals surface area contributed by atoms with Crippen molar-refractivity contribution >= 4 is 28.4 Å². The Labute approximate surface area is 211 Å². The second-order valence-corrected chi connectivity index (χ2v) is 10.5. The van der Waals surface area contributed by atoms with Gasteiger partial charge in [-0.15, -0.1) is 5.10 Å². The third-order valence-electron chi connectivity index (χ3n) is 7.52. The molecule has 0 radical (unpaired) electrons. The Morgan fingerprint density at radius 3 is 2.62 bits per heavy atom. The number of anilines is 2. The highest BCUT2D eigenvalue weighted by Crippen LogP contribution is 2.41. The minimum Gasteiger partial charge on any atom is -0.382 e. The zero-order chi connectivity index (χ0) is 26.1. The average Bonchev–Trinajstić information content (AvgIpc) is 3.38. The van der Waals surface area contributed by atoms with E-state index in [9.17, 15) is 13.2 Å². The molecule has 9 nitrogen and oxygen atoms in total. The van der Waals surface area contributed by atoms with E-state index < -0.39 is 18.1 Å². The molecule has 5 heterocycles. The fourth-order valence-corrected chi connectivity index (χ4v) is 5.65. The van der Waals surface area contributed by atoms with Crippen LogP contribution >= 0.6 is 0 Å². The predicted molar refractivity (Wildman–Crippen MR) is 136 cm³/mol. The van der Waals surface area contributed by atoms with Crippen LogP contribution < -0.4 is 11.1 Å². The molecular weight excluding hydrogens is 483 g/mol. The van der Waals surface area contributed by atoms with Crippen LogP contribution in [0.3, 0.4) is 0 Å². The number of nitrogens with two attached hydrogens (primary N) is 1. The van der Waals surface area contributed by atoms with Crippen LogP contribution in [0.1, 0.15) is 45.0 Å². The molecule has 0 bridgehead atoms. The quantitative estimate of drug-likeness (QED) is 0.412. The molecular formula is C25H30F3N9. The smallest absolute Gasteiger partial charge is 0.251 e. The largest absolute Gasteiger partial charge is 0.382 e. The van der Waals surface area contributed by atoms with Gasteiger partial charge in [-0.05, 0) is 45.4 Å². The molecule has 196 valence electrons. The zero-order valence-electron chi connectivity index (χ0n) is 21.0. The van der Waals surface area contributed by atoms with E-state index >= 15 is 0 Å². The van der Waals surface area contributed by atoms with E-state index in [4.69, 9.17) is 10.7 Å². The lowest BCUT2D eigenvalue weighted by atomic mass is 9.85. The van der Waals surface area contributed by atoms with Gasteiger partial charge in [0.25, 0.3) is 5.92 Å². The van der Waals surface area contributed by atoms with Gasteiger partial charge >= 0.3 is 0 Å². The first kappa shape index (κ1) is 24.0. The number of fused-ring (bicyclic) bond motifs is 2. The van der Waals surface area contributed by atoms with Crippen LogP contribution in [0.25, 0.3) is 27.9 Å². The summed E-state index contributed by atoms with van der Waals surface area (Å²) in [7, 11) is 0. The molecule has 37 heavy (non-hydrogen) atoms. The number of likely N-dealkylation sites (tertiary alicyclic amines) is 1. The van der Waals surface area contributed by atoms with Gasteiger partial charge in [-0.25, -0.2) is 27.7 Å². The van der Waals surface area contributed by atoms with Crippen LogP contribution in [-0.2, 0) is 0 Å². The lowest BCUT2D eigenvalue weighted by Gasteiger charge is -2.46. The van der Waals surface area contributed by atoms with Crippen molar-refractivity contribution in [3.8, 4) is 11.3 Å². The number of alkyl halides is 3. The van der Waals surface area contributed by atoms with Crippen LogP contribution in [0, 0.1) is 6.92 Å². The van der Waals surface area contributed by atoms with Gasteiger partial charge in [0.1, 0.15) is 23.0 Å². The Morgan fingerprint density at radius 2 is 1.92 bits per heavy atom. The van der Waals surface area contributed by atoms with E-state index in [2.05, 4.69) is 38.8 Å². The highest BCUT2D eigenvalue weighted by Gasteiger charge is 2.49. The SMILES string of the molecule is Cc1nc2ccc(-c3ccn4nc(NC5CCN(C6CC(F)(F)C6)CC5F)nc(N)c34)nc2n1C(C)C. The number of imidazole rings is 1. The fraction of sp³-hybridized carbons (Fsp3) is 0.520. The van der Waals surface area contributed by atoms with E-state index in [0.717, 1.165) is 28.2 Å². The summed E-state index contributed by atoms with van der Waals surface area (Å²) in [6.07, 6.45) is 0.635. The van der Waals surface area contributed by atoms with Crippen molar-refractivity contribution in [1.29, 1.82) is 0 Å². The monoisotopic (exact) mass is 513 g/mol. The van der Waals surface area contributed by atoms with E-state index in [-0.39, 0.29) is 43.2 Å². The summed E-state index contributed by atoms with van der Waals surface area (Å²) >= 11 is 0. The number of aryl methyl sites for hydroxylation is 1. The second-order valence-electron chi connectivity index (χ2n) is 10.5. The van der Waals surface area contributed by atoms with E-state index in [1.807, 2.05) is 30.0 Å². The fourth-order valence-electron chi connectivity index (χ4n) is 5.65. The second kappa shape index (κ2) is 8.57. The Balaban J connectivity index is 1.23. The lowest BCUT2D eigenvalue weighted by molar-refractivity contribution is -0.131. The van der Waals surface area contributed by atoms with Crippen molar-refractivity contribution in [3.63, 3.8) is 0 Å². The number of rotatable bonds is 5. The molecule has 3 N–H and O–H groups in total. The first-order chi connectivity index (χ1) is 17.6. The predicted octanol–water partition coefficient (Wildman–Crippen LogP) is 4.23. The van der Waals surface area contributed by atoms with Crippen LogP contribution in [0.15, 0.2) is 24.4 Å². The molecule has 4 aromatic rings. The number of nitrogens with one attached hydrogen (secondary N) is 1. The summed E-state index contributed by atoms with van der Waals surface area (Å²) < 4.78 is 45.1. The zero-order valence-corrected chi connectivity index (χ0v) is 21.0. The summed E-state index contributed by atoms with van der Waals surface area (Å²) in [6.45, 7) is 6.81. The summed E-state index contributed by atoms with van der Waals surface area (Å²) in [5.41, 5.74) is 10.1. The van der Waals surface area contributed by atoms with Gasteiger partial charge in [-0.3, -0.25) is 4.90 Å². The Morgan fingerprint density at radius 1 is 1.14 bits per heavy atom. The third-order valence-corrected chi connectivity index (χ3v) is 7.52. The first-order valence-electron chi connectivity index (χ1n) is 12.6. The van der Waals surface area contributed by atoms with E-state index in [1.54, 1.807) is 10.7 Å². The number of piperidine rings is 1. The maximum Gasteiger partial charge on any atom is 0.251 e. The molecule has 2 aliphatic rings. The topological polar surface area (TPSA) is 102 Å². The summed E-state index contributed by atoms with van der Waals surface area (Å²) in [5, 5.41) is 7.58. The minimum atomic E-state index is -2.61. The number of hydrogen-bond acceptors (Lipinski definition) is 7. The van der Waals surface area contributed by atoms with Gasteiger partial charge in [-0.1, -0.05) is 0 Å². The number of halogens is 3. The third kappa shape index (κ3) is 4.16. The number of nitrogen functional groups attached to an aromatic ring is 1. The molecule has 1 saturated carbocycles. The lowest BCUT2D eigenvalue weighted by Crippen LogP contribution is -2.57. The maximum atomic E-state index is 15.0. The molecule has 0 aromatic carbocycles. The Kier molecular flexibility index (Phi) is 5.55. The molecule has 1 aliphatic carbocycles. The molecule has 0 amide bonds. The summed E-state index contributed by atoms with van der Waals surface area (Å²) in [4.78, 5) is 15.7. The average molecular weight is 514 g/mol. The van der Waals surface area contributed by atoms with Crippen molar-refractivity contribution in [3.05, 3.63) is 30.2 Å². The van der Waals surface area contributed by atoms with Crippen molar-refractivity contribution in [2.45, 2.75) is 70.3 Å². The van der Waals surface area contributed by atoms with E-state index in [1.165, 1.54) is 0 Å². The molecule has 2 fully saturated rings. The summed E-state index contributed by atoms with van der Waals surface area (Å²) in [6, 6.07) is 5.17. The van der Waals surface area contributed by atoms with Gasteiger partial charge in [0, 0.05) is 49.8 Å². The molecule has 2 unspecified atom stereocenters. The van der Waals surface area contributed by atoms with Gasteiger partial charge < -0.3 is 15.6 Å². The Bertz CT molecular complexity index is 1470. The highest BCUT2D eigenvalue weighted by molar-refractivity contribution is 5.88. The molecule has 1 aliphatic heterocycles. The maximum absolute atomic E-state index is 15.0. The molecule has 2 atom stereocenters. The van der Waals surface area contributed by atoms with Gasteiger partial charge in [0.15, 0.2) is 11.5 Å². The summed E-state index contributed by atoms with van der Waals surface area (Å²) in [5.74, 6) is -1.24. The standard InChI is InChI=1S/C25H30F3N9/c1-13(2)37-14(3)30-20-5-4-18(31-23(20)37)16-6-9-36-21(16)22(29)33-24(34-36)32-19-7-8-35(12-17(19)26)15-10-25(27,28)11-15/h4-6,9,13,15,17,19H,7-8,10-12H2,1-3H3,(H3,29,32,33,34). The van der Waals surface area contributed by atoms with Crippen LogP contribution in [-0.4, -0.2) is 71.3 Å². The van der Waals surface area contributed by atoms with Crippen molar-refractivity contribution in [2.24, 2.45) is 0 Å². The van der Waals surface area contributed by atoms with Gasteiger partial charge in [-0.2, -0.15) is 4.98 Å². The molecule has 1 saturated heterocycles. The molecule has 12 heteroatoms. The molecule has 0 spiro atoms. The number of pyridine rings is 1. The number of nitrogens with zero attached hydrogens (tertiary/aromatic N) is 7. The highest BCUT2D eigenvalue weighted by atomic mass is 19.3. The van der Waals surface area contributed by atoms with Crippen LogP contribution in [0.4, 0.5) is 24.9 Å². The van der Waals surface area contributed by atoms with Gasteiger partial charge in [0.05, 0.1) is 11.7 Å². The Hall–Kier alpha value is -3.41. The first-order valence-corrected chi connectivity index (χ1v) is 12.6. The van der Waals surface area contributed by atoms with Gasteiger partial charge in [0.2, 0.25) is 5.95 Å². The minimum absolute atomic E-state index is 0.115. The van der Waals surface area contributed by atoms with E-state index in [0.29, 0.717) is 18.5 Å². The molecule has 6 rings (SSSR count). The van der Waals surface area contributed by atoms with Crippen molar-refractivity contribution in [2.75, 3.05) is 24.1 Å². The molecule has 4 aromatic heterocycles. The number of hydrogen-bond donors (Lipinski definition) is 2. The number of aromatic nitrogens is 6. The van der Waals surface area contributed by atoms with Crippen LogP contribution in [0.5, 0.6) is 0 Å². The normalized spacial score (nSPS) is 22.7.